The molecule has 0 amide bonds. The first-order chi connectivity index (χ1) is 16.0. The highest BCUT2D eigenvalue weighted by molar-refractivity contribution is 5.98. The van der Waals surface area contributed by atoms with E-state index in [1.807, 2.05) is 37.4 Å². The van der Waals surface area contributed by atoms with Crippen molar-refractivity contribution in [3.8, 4) is 5.75 Å². The number of esters is 1. The molecule has 5 rings (SSSR count). The van der Waals surface area contributed by atoms with E-state index in [1.54, 1.807) is 0 Å². The normalized spacial score (nSPS) is 21.5. The summed E-state index contributed by atoms with van der Waals surface area (Å²) in [5.74, 6) is 1.62. The molecule has 2 aliphatic rings. The fourth-order valence-electron chi connectivity index (χ4n) is 5.46. The van der Waals surface area contributed by atoms with Gasteiger partial charge in [-0.1, -0.05) is 37.1 Å². The molecule has 2 fully saturated rings. The van der Waals surface area contributed by atoms with Crippen LogP contribution in [0.15, 0.2) is 48.5 Å². The lowest BCUT2D eigenvalue weighted by Gasteiger charge is -2.41. The number of rotatable bonds is 7. The Morgan fingerprint density at radius 3 is 2.58 bits per heavy atom. The van der Waals surface area contributed by atoms with Gasteiger partial charge < -0.3 is 14.0 Å². The monoisotopic (exact) mass is 446 g/mol. The van der Waals surface area contributed by atoms with Crippen LogP contribution in [0.2, 0.25) is 0 Å². The molecular weight excluding hydrogens is 416 g/mol. The van der Waals surface area contributed by atoms with Gasteiger partial charge >= 0.3 is 5.97 Å². The zero-order valence-corrected chi connectivity index (χ0v) is 19.1. The van der Waals surface area contributed by atoms with Crippen molar-refractivity contribution in [2.45, 2.75) is 63.6 Å². The van der Waals surface area contributed by atoms with Crippen molar-refractivity contribution in [2.24, 2.45) is 13.0 Å². The zero-order chi connectivity index (χ0) is 22.8. The number of ketones is 1. The molecule has 6 heteroatoms. The molecule has 0 radical (unpaired) electrons. The van der Waals surface area contributed by atoms with Gasteiger partial charge in [-0.3, -0.25) is 9.59 Å². The minimum atomic E-state index is -0.627. The fraction of sp³-hybridized carbons (Fsp3) is 0.444. The van der Waals surface area contributed by atoms with Crippen LogP contribution >= 0.6 is 0 Å². The predicted octanol–water partition coefficient (Wildman–Crippen LogP) is 4.92. The van der Waals surface area contributed by atoms with Crippen LogP contribution in [-0.4, -0.2) is 26.9 Å². The summed E-state index contributed by atoms with van der Waals surface area (Å²) in [6.07, 6.45) is 6.11. The average molecular weight is 447 g/mol. The van der Waals surface area contributed by atoms with Gasteiger partial charge in [0.1, 0.15) is 36.0 Å². The smallest absolute Gasteiger partial charge is 0.313 e. The second-order valence-corrected chi connectivity index (χ2v) is 9.42. The van der Waals surface area contributed by atoms with Gasteiger partial charge in [0, 0.05) is 13.5 Å². The Kier molecular flexibility index (Phi) is 5.92. The first-order valence-electron chi connectivity index (χ1n) is 11.9. The second kappa shape index (κ2) is 9.00. The number of Topliss-reactive ketones (excluding diaryl/α,β-unsaturated/α-hetero) is 1. The van der Waals surface area contributed by atoms with Crippen molar-refractivity contribution in [1.82, 2.24) is 9.55 Å². The first-order valence-corrected chi connectivity index (χ1v) is 11.9. The number of benzene rings is 2. The molecule has 1 atom stereocenters. The van der Waals surface area contributed by atoms with Crippen molar-refractivity contribution < 1.29 is 19.1 Å². The van der Waals surface area contributed by atoms with Gasteiger partial charge in [0.25, 0.3) is 0 Å². The van der Waals surface area contributed by atoms with Gasteiger partial charge in [-0.25, -0.2) is 4.98 Å². The molecule has 2 aromatic carbocycles. The Morgan fingerprint density at radius 1 is 1.09 bits per heavy atom. The highest BCUT2D eigenvalue weighted by Crippen LogP contribution is 2.43. The maximum atomic E-state index is 12.2. The van der Waals surface area contributed by atoms with E-state index < -0.39 is 5.60 Å². The molecule has 1 aromatic heterocycles. The van der Waals surface area contributed by atoms with E-state index in [0.29, 0.717) is 25.4 Å². The molecule has 172 valence electrons. The number of para-hydroxylation sites is 2. The predicted molar refractivity (Wildman–Crippen MR) is 125 cm³/mol. The van der Waals surface area contributed by atoms with Gasteiger partial charge in [-0.2, -0.15) is 0 Å². The summed E-state index contributed by atoms with van der Waals surface area (Å²) in [5, 5.41) is 0. The average Bonchev–Trinajstić information content (AvgIpc) is 3.46. The molecule has 0 bridgehead atoms. The van der Waals surface area contributed by atoms with Gasteiger partial charge in [-0.05, 0) is 61.4 Å². The third-order valence-electron chi connectivity index (χ3n) is 7.26. The number of imidazole rings is 1. The summed E-state index contributed by atoms with van der Waals surface area (Å²) in [5.41, 5.74) is 2.58. The van der Waals surface area contributed by atoms with Gasteiger partial charge in [-0.15, -0.1) is 0 Å². The van der Waals surface area contributed by atoms with Crippen LogP contribution in [0.25, 0.3) is 11.0 Å². The topological polar surface area (TPSA) is 70.4 Å². The van der Waals surface area contributed by atoms with Gasteiger partial charge in [0.05, 0.1) is 11.0 Å². The quantitative estimate of drug-likeness (QED) is 0.381. The summed E-state index contributed by atoms with van der Waals surface area (Å²) in [7, 11) is 2.00. The van der Waals surface area contributed by atoms with E-state index in [4.69, 9.17) is 9.47 Å². The van der Waals surface area contributed by atoms with Crippen molar-refractivity contribution in [3.05, 3.63) is 59.9 Å². The lowest BCUT2D eigenvalue weighted by molar-refractivity contribution is -0.178. The highest BCUT2D eigenvalue weighted by atomic mass is 16.6. The van der Waals surface area contributed by atoms with E-state index >= 15 is 0 Å². The van der Waals surface area contributed by atoms with E-state index in [-0.39, 0.29) is 18.2 Å². The Morgan fingerprint density at radius 2 is 1.85 bits per heavy atom. The molecular formula is C27H30N2O4. The Labute approximate surface area is 193 Å². The summed E-state index contributed by atoms with van der Waals surface area (Å²) in [6.45, 7) is 0.396. The number of cyclic esters (lactones) is 1. The number of fused-ring (bicyclic) bond motifs is 1. The second-order valence-electron chi connectivity index (χ2n) is 9.42. The molecule has 33 heavy (non-hydrogen) atoms. The van der Waals surface area contributed by atoms with Crippen LogP contribution in [0.3, 0.4) is 0 Å². The van der Waals surface area contributed by atoms with Crippen molar-refractivity contribution in [2.75, 3.05) is 0 Å². The molecule has 2 heterocycles. The van der Waals surface area contributed by atoms with Crippen LogP contribution in [-0.2, 0) is 34.4 Å². The van der Waals surface area contributed by atoms with Crippen molar-refractivity contribution >= 4 is 22.8 Å². The minimum absolute atomic E-state index is 0.0174. The van der Waals surface area contributed by atoms with Crippen LogP contribution in [0.1, 0.15) is 56.3 Å². The number of carbonyl (C=O) groups excluding carboxylic acids is 2. The molecule has 1 aliphatic heterocycles. The van der Waals surface area contributed by atoms with E-state index in [0.717, 1.165) is 60.3 Å². The minimum Gasteiger partial charge on any atom is -0.486 e. The van der Waals surface area contributed by atoms with E-state index in [1.165, 1.54) is 0 Å². The third-order valence-corrected chi connectivity index (χ3v) is 7.26. The Hall–Kier alpha value is -3.15. The van der Waals surface area contributed by atoms with Crippen molar-refractivity contribution in [1.29, 1.82) is 0 Å². The highest BCUT2D eigenvalue weighted by Gasteiger charge is 2.47. The number of hydrogen-bond donors (Lipinski definition) is 0. The van der Waals surface area contributed by atoms with Crippen LogP contribution < -0.4 is 4.74 Å². The van der Waals surface area contributed by atoms with Crippen LogP contribution in [0.4, 0.5) is 0 Å². The van der Waals surface area contributed by atoms with E-state index in [2.05, 4.69) is 27.8 Å². The van der Waals surface area contributed by atoms with Crippen LogP contribution in [0, 0.1) is 5.92 Å². The molecule has 6 nitrogen and oxygen atoms in total. The van der Waals surface area contributed by atoms with Crippen molar-refractivity contribution in [3.63, 3.8) is 0 Å². The molecule has 1 saturated heterocycles. The molecule has 1 saturated carbocycles. The fourth-order valence-corrected chi connectivity index (χ4v) is 5.46. The van der Waals surface area contributed by atoms with Crippen LogP contribution in [0.5, 0.6) is 5.75 Å². The van der Waals surface area contributed by atoms with Gasteiger partial charge in [0.2, 0.25) is 0 Å². The largest absolute Gasteiger partial charge is 0.486 e. The molecule has 1 aliphatic carbocycles. The first kappa shape index (κ1) is 21.7. The number of carbonyl (C=O) groups is 2. The summed E-state index contributed by atoms with van der Waals surface area (Å²) in [4.78, 5) is 29.0. The van der Waals surface area contributed by atoms with Gasteiger partial charge in [0.15, 0.2) is 0 Å². The lowest BCUT2D eigenvalue weighted by Crippen LogP contribution is -2.48. The zero-order valence-electron chi connectivity index (χ0n) is 19.1. The number of ether oxygens (including phenoxy) is 2. The molecule has 3 aromatic rings. The lowest BCUT2D eigenvalue weighted by atomic mass is 9.76. The van der Waals surface area contributed by atoms with E-state index in [9.17, 15) is 9.59 Å². The number of nitrogens with zero attached hydrogens (tertiary/aromatic N) is 2. The Balaban J connectivity index is 1.23. The number of aryl methyl sites for hydroxylation is 2. The molecule has 0 N–H and O–H groups in total. The summed E-state index contributed by atoms with van der Waals surface area (Å²) in [6, 6.07) is 16.1. The maximum absolute atomic E-state index is 12.2. The third kappa shape index (κ3) is 4.52. The molecule has 0 spiro atoms. The summed E-state index contributed by atoms with van der Waals surface area (Å²) >= 11 is 0. The number of aromatic nitrogens is 2. The molecule has 1 unspecified atom stereocenters. The summed E-state index contributed by atoms with van der Waals surface area (Å²) < 4.78 is 13.9. The standard InChI is InChI=1S/C27H30N2O4/c1-29-24-9-5-4-8-23(24)28-25(29)18-32-22-12-10-19(11-13-22)14-15-27(20-6-2-3-7-20)17-21(30)16-26(31)33-27/h4-5,8-13,20H,2-3,6-7,14-18H2,1H3. The number of hydrogen-bond acceptors (Lipinski definition) is 5. The Bertz CT molecular complexity index is 1140. The SMILES string of the molecule is Cn1c(COc2ccc(CCC3(C4CCCC4)CC(=O)CC(=O)O3)cc2)nc2ccccc21. The maximum Gasteiger partial charge on any atom is 0.313 e.